The second kappa shape index (κ2) is 9.12. The highest BCUT2D eigenvalue weighted by atomic mass is 35.5. The van der Waals surface area contributed by atoms with Crippen molar-refractivity contribution in [1.82, 2.24) is 15.2 Å². The normalized spacial score (nSPS) is 11.2. The average molecular weight is 451 g/mol. The van der Waals surface area contributed by atoms with Crippen LogP contribution in [-0.2, 0) is 6.54 Å². The van der Waals surface area contributed by atoms with Crippen molar-refractivity contribution in [2.45, 2.75) is 6.54 Å². The summed E-state index contributed by atoms with van der Waals surface area (Å²) in [6, 6.07) is 21.3. The molecule has 1 aromatic heterocycles. The molecule has 4 aromatic rings. The number of hydrogen-bond donors (Lipinski definition) is 1. The van der Waals surface area contributed by atoms with Crippen LogP contribution in [0.15, 0.2) is 82.7 Å². The van der Waals surface area contributed by atoms with E-state index in [4.69, 9.17) is 23.2 Å². The smallest absolute Gasteiger partial charge is 0.267 e. The van der Waals surface area contributed by atoms with Gasteiger partial charge in [-0.1, -0.05) is 77.8 Å². The zero-order chi connectivity index (χ0) is 21.8. The van der Waals surface area contributed by atoms with Gasteiger partial charge in [0.1, 0.15) is 0 Å². The van der Waals surface area contributed by atoms with Crippen molar-refractivity contribution in [3.63, 3.8) is 0 Å². The largest absolute Gasteiger partial charge is 0.292 e. The minimum atomic E-state index is -0.558. The van der Waals surface area contributed by atoms with Crippen LogP contribution in [0.2, 0.25) is 10.0 Å². The van der Waals surface area contributed by atoms with Gasteiger partial charge in [0.05, 0.1) is 28.2 Å². The highest BCUT2D eigenvalue weighted by molar-refractivity contribution is 6.38. The van der Waals surface area contributed by atoms with Crippen molar-refractivity contribution in [2.75, 3.05) is 0 Å². The lowest BCUT2D eigenvalue weighted by molar-refractivity contribution is 0.0949. The summed E-state index contributed by atoms with van der Waals surface area (Å²) in [5, 5.41) is 9.94. The van der Waals surface area contributed by atoms with Crippen LogP contribution >= 0.6 is 23.2 Å². The van der Waals surface area contributed by atoms with Gasteiger partial charge in [-0.3, -0.25) is 9.59 Å². The molecule has 1 N–H and O–H groups in total. The Labute approximate surface area is 187 Å². The molecule has 31 heavy (non-hydrogen) atoms. The van der Waals surface area contributed by atoms with E-state index in [1.165, 1.54) is 10.9 Å². The number of hydrazone groups is 1. The third kappa shape index (κ3) is 4.50. The maximum absolute atomic E-state index is 12.9. The van der Waals surface area contributed by atoms with E-state index in [0.717, 1.165) is 5.56 Å². The number of aromatic nitrogens is 2. The summed E-state index contributed by atoms with van der Waals surface area (Å²) < 4.78 is 1.28. The summed E-state index contributed by atoms with van der Waals surface area (Å²) in [6.45, 7) is 0.239. The number of hydrogen-bond acceptors (Lipinski definition) is 4. The van der Waals surface area contributed by atoms with E-state index in [-0.39, 0.29) is 17.8 Å². The predicted molar refractivity (Wildman–Crippen MR) is 123 cm³/mol. The van der Waals surface area contributed by atoms with E-state index in [2.05, 4.69) is 15.6 Å². The standard InChI is InChI=1S/C23H16Cl2N4O2/c24-19-11-6-12-20(25)18(19)13-26-27-22(30)21-16-9-4-5-10-17(16)23(31)29(28-21)14-15-7-2-1-3-8-15/h1-13H,14H2,(H,27,30)/b26-13+. The zero-order valence-corrected chi connectivity index (χ0v) is 17.6. The molecule has 0 aliphatic carbocycles. The Kier molecular flexibility index (Phi) is 6.11. The predicted octanol–water partition coefficient (Wildman–Crippen LogP) is 4.52. The molecule has 0 spiro atoms. The minimum absolute atomic E-state index is 0.0912. The van der Waals surface area contributed by atoms with E-state index in [9.17, 15) is 9.59 Å². The monoisotopic (exact) mass is 450 g/mol. The lowest BCUT2D eigenvalue weighted by Crippen LogP contribution is -2.29. The van der Waals surface area contributed by atoms with Crippen molar-refractivity contribution in [3.05, 3.63) is 110 Å². The van der Waals surface area contributed by atoms with Crippen molar-refractivity contribution >= 4 is 46.1 Å². The number of carbonyl (C=O) groups excluding carboxylic acids is 1. The fourth-order valence-electron chi connectivity index (χ4n) is 3.11. The van der Waals surface area contributed by atoms with Gasteiger partial charge in [-0.2, -0.15) is 10.2 Å². The molecule has 0 bridgehead atoms. The molecule has 0 aliphatic heterocycles. The average Bonchev–Trinajstić information content (AvgIpc) is 2.78. The summed E-state index contributed by atoms with van der Waals surface area (Å²) >= 11 is 12.2. The van der Waals surface area contributed by atoms with Crippen LogP contribution in [0.3, 0.4) is 0 Å². The summed E-state index contributed by atoms with van der Waals surface area (Å²) in [6.07, 6.45) is 1.37. The molecule has 0 atom stereocenters. The molecule has 1 heterocycles. The van der Waals surface area contributed by atoms with Crippen LogP contribution in [0, 0.1) is 0 Å². The van der Waals surface area contributed by atoms with Crippen molar-refractivity contribution in [2.24, 2.45) is 5.10 Å². The number of amides is 1. The third-order valence-electron chi connectivity index (χ3n) is 4.62. The van der Waals surface area contributed by atoms with Gasteiger partial charge in [-0.15, -0.1) is 0 Å². The highest BCUT2D eigenvalue weighted by Gasteiger charge is 2.16. The number of rotatable bonds is 5. The summed E-state index contributed by atoms with van der Waals surface area (Å²) in [5.41, 5.74) is 3.63. The molecule has 4 rings (SSSR count). The second-order valence-electron chi connectivity index (χ2n) is 6.68. The molecule has 0 radical (unpaired) electrons. The van der Waals surface area contributed by atoms with Crippen molar-refractivity contribution in [3.8, 4) is 0 Å². The Morgan fingerprint density at radius 1 is 0.935 bits per heavy atom. The number of benzene rings is 3. The van der Waals surface area contributed by atoms with E-state index >= 15 is 0 Å². The van der Waals surface area contributed by atoms with Gasteiger partial charge in [0.25, 0.3) is 11.5 Å². The fourth-order valence-corrected chi connectivity index (χ4v) is 3.60. The fraction of sp³-hybridized carbons (Fsp3) is 0.0435. The molecular formula is C23H16Cl2N4O2. The summed E-state index contributed by atoms with van der Waals surface area (Å²) in [4.78, 5) is 25.8. The first-order valence-corrected chi connectivity index (χ1v) is 10.1. The Balaban J connectivity index is 1.69. The Morgan fingerprint density at radius 2 is 1.58 bits per heavy atom. The second-order valence-corrected chi connectivity index (χ2v) is 7.49. The lowest BCUT2D eigenvalue weighted by atomic mass is 10.1. The highest BCUT2D eigenvalue weighted by Crippen LogP contribution is 2.22. The molecule has 0 fully saturated rings. The number of halogens is 2. The van der Waals surface area contributed by atoms with Crippen LogP contribution in [0.5, 0.6) is 0 Å². The van der Waals surface area contributed by atoms with Crippen LogP contribution < -0.4 is 11.0 Å². The summed E-state index contributed by atoms with van der Waals surface area (Å²) in [7, 11) is 0. The molecule has 0 saturated carbocycles. The molecule has 154 valence electrons. The van der Waals surface area contributed by atoms with Gasteiger partial charge >= 0.3 is 0 Å². The number of nitrogens with zero attached hydrogens (tertiary/aromatic N) is 3. The Morgan fingerprint density at radius 3 is 2.29 bits per heavy atom. The van der Waals surface area contributed by atoms with Gasteiger partial charge in [-0.05, 0) is 23.8 Å². The lowest BCUT2D eigenvalue weighted by Gasteiger charge is -2.10. The topological polar surface area (TPSA) is 76.3 Å². The third-order valence-corrected chi connectivity index (χ3v) is 5.28. The summed E-state index contributed by atoms with van der Waals surface area (Å²) in [5.74, 6) is -0.558. The first kappa shape index (κ1) is 20.8. The SMILES string of the molecule is O=C(N/N=C/c1c(Cl)cccc1Cl)c1nn(Cc2ccccc2)c(=O)c2ccccc12. The van der Waals surface area contributed by atoms with E-state index in [1.54, 1.807) is 42.5 Å². The first-order valence-electron chi connectivity index (χ1n) is 9.36. The van der Waals surface area contributed by atoms with Gasteiger partial charge in [0.15, 0.2) is 5.69 Å². The van der Waals surface area contributed by atoms with Gasteiger partial charge < -0.3 is 0 Å². The number of nitrogens with one attached hydrogen (secondary N) is 1. The van der Waals surface area contributed by atoms with Gasteiger partial charge in [-0.25, -0.2) is 10.1 Å². The van der Waals surface area contributed by atoms with Crippen LogP contribution in [0.4, 0.5) is 0 Å². The zero-order valence-electron chi connectivity index (χ0n) is 16.1. The molecule has 8 heteroatoms. The molecular weight excluding hydrogens is 435 g/mol. The molecule has 3 aromatic carbocycles. The van der Waals surface area contributed by atoms with Gasteiger partial charge in [0, 0.05) is 10.9 Å². The van der Waals surface area contributed by atoms with Gasteiger partial charge in [0.2, 0.25) is 0 Å². The number of carbonyl (C=O) groups is 1. The van der Waals surface area contributed by atoms with Crippen LogP contribution in [-0.4, -0.2) is 21.9 Å². The van der Waals surface area contributed by atoms with E-state index in [0.29, 0.717) is 26.4 Å². The molecule has 0 aliphatic rings. The number of fused-ring (bicyclic) bond motifs is 1. The van der Waals surface area contributed by atoms with E-state index < -0.39 is 5.91 Å². The molecule has 0 unspecified atom stereocenters. The van der Waals surface area contributed by atoms with Crippen LogP contribution in [0.25, 0.3) is 10.8 Å². The van der Waals surface area contributed by atoms with Crippen molar-refractivity contribution < 1.29 is 4.79 Å². The minimum Gasteiger partial charge on any atom is -0.267 e. The van der Waals surface area contributed by atoms with Crippen LogP contribution in [0.1, 0.15) is 21.6 Å². The molecule has 0 saturated heterocycles. The Bertz CT molecular complexity index is 1330. The quantitative estimate of drug-likeness (QED) is 0.358. The van der Waals surface area contributed by atoms with E-state index in [1.807, 2.05) is 30.3 Å². The van der Waals surface area contributed by atoms with Crippen molar-refractivity contribution in [1.29, 1.82) is 0 Å². The first-order chi connectivity index (χ1) is 15.0. The maximum Gasteiger partial charge on any atom is 0.292 e. The Hall–Kier alpha value is -3.48. The maximum atomic E-state index is 12.9. The molecule has 1 amide bonds. The molecule has 6 nitrogen and oxygen atoms in total.